The molecule has 3 aromatic carbocycles. The summed E-state index contributed by atoms with van der Waals surface area (Å²) >= 11 is 4.98. The molecule has 12 heteroatoms. The van der Waals surface area contributed by atoms with Gasteiger partial charge in [0.25, 0.3) is 0 Å². The predicted molar refractivity (Wildman–Crippen MR) is 163 cm³/mol. The van der Waals surface area contributed by atoms with E-state index in [2.05, 4.69) is 15.0 Å². The van der Waals surface area contributed by atoms with Gasteiger partial charge in [0, 0.05) is 29.8 Å². The van der Waals surface area contributed by atoms with E-state index in [0.717, 1.165) is 80.0 Å². The SMILES string of the molecule is COc1cc2sc(C)nc2cc1CO.Cc1nc2cc3c(cc2s1)OCCO3.Cc1nc2cc3c(cc2s1)OCO3. The molecule has 0 bridgehead atoms. The van der Waals surface area contributed by atoms with Crippen LogP contribution in [0.2, 0.25) is 0 Å². The molecule has 8 rings (SSSR count). The van der Waals surface area contributed by atoms with Crippen LogP contribution in [0.25, 0.3) is 30.6 Å². The molecule has 0 amide bonds. The van der Waals surface area contributed by atoms with Gasteiger partial charge in [-0.05, 0) is 32.9 Å². The molecule has 9 nitrogen and oxygen atoms in total. The quantitative estimate of drug-likeness (QED) is 0.227. The lowest BCUT2D eigenvalue weighted by molar-refractivity contribution is 0.172. The molecule has 6 aromatic rings. The van der Waals surface area contributed by atoms with E-state index in [-0.39, 0.29) is 6.61 Å². The minimum atomic E-state index is -0.0182. The lowest BCUT2D eigenvalue weighted by atomic mass is 10.2. The first-order valence-corrected chi connectivity index (χ1v) is 15.2. The van der Waals surface area contributed by atoms with Crippen molar-refractivity contribution in [1.29, 1.82) is 0 Å². The van der Waals surface area contributed by atoms with Gasteiger partial charge in [0.1, 0.15) is 19.0 Å². The number of methoxy groups -OCH3 is 1. The van der Waals surface area contributed by atoms with Crippen LogP contribution in [0.3, 0.4) is 0 Å². The zero-order valence-electron chi connectivity index (χ0n) is 22.8. The fourth-order valence-electron chi connectivity index (χ4n) is 4.44. The molecule has 0 radical (unpaired) electrons. The summed E-state index contributed by atoms with van der Waals surface area (Å²) in [4.78, 5) is 13.1. The summed E-state index contributed by atoms with van der Waals surface area (Å²) < 4.78 is 30.1. The summed E-state index contributed by atoms with van der Waals surface area (Å²) in [7, 11) is 1.61. The van der Waals surface area contributed by atoms with Gasteiger partial charge in [-0.25, -0.2) is 15.0 Å². The number of aliphatic hydroxyl groups is 1. The van der Waals surface area contributed by atoms with Crippen molar-refractivity contribution in [2.45, 2.75) is 27.4 Å². The minimum absolute atomic E-state index is 0.0182. The lowest BCUT2D eigenvalue weighted by Crippen LogP contribution is -2.15. The van der Waals surface area contributed by atoms with Crippen LogP contribution in [-0.2, 0) is 6.61 Å². The Morgan fingerprint density at radius 3 is 1.61 bits per heavy atom. The topological polar surface area (TPSA) is 105 Å². The van der Waals surface area contributed by atoms with Crippen LogP contribution in [0.1, 0.15) is 20.6 Å². The summed E-state index contributed by atoms with van der Waals surface area (Å²) in [6.07, 6.45) is 0. The van der Waals surface area contributed by atoms with Crippen molar-refractivity contribution in [2.75, 3.05) is 27.1 Å². The van der Waals surface area contributed by atoms with E-state index in [1.807, 2.05) is 57.2 Å². The third kappa shape index (κ3) is 5.87. The van der Waals surface area contributed by atoms with E-state index in [4.69, 9.17) is 28.8 Å². The monoisotopic (exact) mass is 609 g/mol. The van der Waals surface area contributed by atoms with E-state index < -0.39 is 0 Å². The molecule has 1 N–H and O–H groups in total. The molecular formula is C29H27N3O6S3. The molecule has 5 heterocycles. The summed E-state index contributed by atoms with van der Waals surface area (Å²) in [5.74, 6) is 4.01. The highest BCUT2D eigenvalue weighted by Crippen LogP contribution is 2.38. The van der Waals surface area contributed by atoms with Gasteiger partial charge in [-0.3, -0.25) is 0 Å². The van der Waals surface area contributed by atoms with Crippen molar-refractivity contribution in [3.05, 3.63) is 57.0 Å². The normalized spacial score (nSPS) is 13.1. The number of hydrogen-bond donors (Lipinski definition) is 1. The third-order valence-corrected chi connectivity index (χ3v) is 9.02. The third-order valence-electron chi connectivity index (χ3n) is 6.22. The van der Waals surface area contributed by atoms with Crippen molar-refractivity contribution < 1.29 is 28.8 Å². The number of hydrogen-bond acceptors (Lipinski definition) is 12. The Kier molecular flexibility index (Phi) is 7.80. The fraction of sp³-hybridized carbons (Fsp3) is 0.276. The summed E-state index contributed by atoms with van der Waals surface area (Å²) in [5.41, 5.74) is 3.70. The number of thiazole rings is 3. The first-order chi connectivity index (χ1) is 19.9. The molecule has 0 aliphatic carbocycles. The molecule has 2 aliphatic rings. The number of nitrogens with zero attached hydrogens (tertiary/aromatic N) is 3. The highest BCUT2D eigenvalue weighted by molar-refractivity contribution is 7.19. The van der Waals surface area contributed by atoms with Crippen LogP contribution in [0.4, 0.5) is 0 Å². The van der Waals surface area contributed by atoms with E-state index in [9.17, 15) is 0 Å². The number of aryl methyl sites for hydroxylation is 3. The van der Waals surface area contributed by atoms with Crippen LogP contribution < -0.4 is 23.7 Å². The van der Waals surface area contributed by atoms with Gasteiger partial charge in [0.05, 0.1) is 59.4 Å². The highest BCUT2D eigenvalue weighted by Gasteiger charge is 2.16. The van der Waals surface area contributed by atoms with E-state index >= 15 is 0 Å². The van der Waals surface area contributed by atoms with E-state index in [0.29, 0.717) is 20.0 Å². The van der Waals surface area contributed by atoms with E-state index in [1.54, 1.807) is 41.1 Å². The van der Waals surface area contributed by atoms with Gasteiger partial charge in [-0.2, -0.15) is 0 Å². The second-order valence-electron chi connectivity index (χ2n) is 9.13. The molecule has 2 aliphatic heterocycles. The van der Waals surface area contributed by atoms with Gasteiger partial charge in [-0.15, -0.1) is 34.0 Å². The van der Waals surface area contributed by atoms with Crippen molar-refractivity contribution in [3.8, 4) is 28.7 Å². The van der Waals surface area contributed by atoms with Gasteiger partial charge in [-0.1, -0.05) is 0 Å². The van der Waals surface area contributed by atoms with E-state index in [1.165, 1.54) is 0 Å². The lowest BCUT2D eigenvalue weighted by Gasteiger charge is -2.17. The van der Waals surface area contributed by atoms with Crippen molar-refractivity contribution >= 4 is 64.7 Å². The maximum atomic E-state index is 9.11. The number of rotatable bonds is 2. The van der Waals surface area contributed by atoms with Crippen molar-refractivity contribution in [2.24, 2.45) is 0 Å². The van der Waals surface area contributed by atoms with Gasteiger partial charge >= 0.3 is 0 Å². The maximum Gasteiger partial charge on any atom is 0.231 e. The first-order valence-electron chi connectivity index (χ1n) is 12.8. The predicted octanol–water partition coefficient (Wildman–Crippen LogP) is 6.81. The standard InChI is InChI=1S/C10H9NO2S.C10H11NO2S.C9H7NO2S/c1-6-11-7-4-8-9(5-10(7)14-6)13-3-2-12-8;1-6-11-8-3-7(5-12)9(13-2)4-10(8)14-6;1-5-10-6-2-7-8(12-4-11-7)3-9(6)13-5/h4-5H,2-3H2,1H3;3-4,12H,5H2,1-2H3;2-3H,4H2,1H3. The Bertz CT molecular complexity index is 1660. The number of benzene rings is 3. The Morgan fingerprint density at radius 1 is 0.659 bits per heavy atom. The summed E-state index contributed by atoms with van der Waals surface area (Å²) in [5, 5.41) is 12.3. The molecule has 0 saturated carbocycles. The highest BCUT2D eigenvalue weighted by atomic mass is 32.1. The second kappa shape index (κ2) is 11.6. The van der Waals surface area contributed by atoms with Crippen LogP contribution >= 0.6 is 34.0 Å². The van der Waals surface area contributed by atoms with Gasteiger partial charge < -0.3 is 28.8 Å². The largest absolute Gasteiger partial charge is 0.496 e. The summed E-state index contributed by atoms with van der Waals surface area (Å²) in [6, 6.07) is 11.7. The second-order valence-corrected chi connectivity index (χ2v) is 12.8. The van der Waals surface area contributed by atoms with Crippen molar-refractivity contribution in [3.63, 3.8) is 0 Å². The molecule has 0 atom stereocenters. The van der Waals surface area contributed by atoms with Gasteiger partial charge in [0.15, 0.2) is 23.0 Å². The molecule has 0 spiro atoms. The van der Waals surface area contributed by atoms with Crippen LogP contribution in [0, 0.1) is 20.8 Å². The van der Waals surface area contributed by atoms with Crippen LogP contribution in [-0.4, -0.2) is 47.2 Å². The Balaban J connectivity index is 0.000000111. The average Bonchev–Trinajstić information content (AvgIpc) is 3.73. The summed E-state index contributed by atoms with van der Waals surface area (Å²) in [6.45, 7) is 7.54. The molecule has 0 saturated heterocycles. The Morgan fingerprint density at radius 2 is 1.10 bits per heavy atom. The number of ether oxygens (including phenoxy) is 5. The number of aliphatic hydroxyl groups excluding tert-OH is 1. The molecule has 3 aromatic heterocycles. The zero-order valence-corrected chi connectivity index (χ0v) is 25.3. The smallest absolute Gasteiger partial charge is 0.231 e. The molecule has 41 heavy (non-hydrogen) atoms. The van der Waals surface area contributed by atoms with Crippen LogP contribution in [0.15, 0.2) is 36.4 Å². The number of fused-ring (bicyclic) bond motifs is 5. The minimum Gasteiger partial charge on any atom is -0.496 e. The van der Waals surface area contributed by atoms with Crippen molar-refractivity contribution in [1.82, 2.24) is 15.0 Å². The molecule has 0 unspecified atom stereocenters. The molecule has 0 fully saturated rings. The van der Waals surface area contributed by atoms with Gasteiger partial charge in [0.2, 0.25) is 6.79 Å². The average molecular weight is 610 g/mol. The fourth-order valence-corrected chi connectivity index (χ4v) is 6.95. The zero-order chi connectivity index (χ0) is 28.5. The first kappa shape index (κ1) is 27.5. The maximum absolute atomic E-state index is 9.11. The van der Waals surface area contributed by atoms with Crippen LogP contribution in [0.5, 0.6) is 28.7 Å². The molecular weight excluding hydrogens is 583 g/mol. The molecule has 212 valence electrons. The Hall–Kier alpha value is -3.71. The number of aromatic nitrogens is 3. The Labute approximate surface area is 247 Å².